The fraction of sp³-hybridized carbons (Fsp3) is 0.692. The van der Waals surface area contributed by atoms with E-state index in [0.717, 1.165) is 12.5 Å². The Hall–Kier alpha value is 0.390. The second-order valence-corrected chi connectivity index (χ2v) is 7.52. The highest BCUT2D eigenvalue weighted by Gasteiger charge is 2.23. The summed E-state index contributed by atoms with van der Waals surface area (Å²) < 4.78 is 1.40. The van der Waals surface area contributed by atoms with E-state index in [1.165, 1.54) is 40.6 Å². The molecule has 1 aliphatic rings. The molecule has 1 atom stereocenters. The summed E-state index contributed by atoms with van der Waals surface area (Å²) in [5.74, 6) is 1.05. The minimum absolute atomic E-state index is 0.598. The van der Waals surface area contributed by atoms with E-state index in [-0.39, 0.29) is 0 Å². The van der Waals surface area contributed by atoms with Crippen LogP contribution in [0.15, 0.2) is 11.4 Å². The van der Waals surface area contributed by atoms with Gasteiger partial charge in [0.1, 0.15) is 0 Å². The normalized spacial score (nSPS) is 17.6. The number of hydrogen-bond acceptors (Lipinski definition) is 2. The van der Waals surface area contributed by atoms with Crippen molar-refractivity contribution in [3.8, 4) is 0 Å². The second kappa shape index (κ2) is 6.36. The Balaban J connectivity index is 1.89. The molecule has 0 aromatic carbocycles. The maximum absolute atomic E-state index is 3.69. The van der Waals surface area contributed by atoms with Gasteiger partial charge in [0, 0.05) is 6.04 Å². The molecular formula is C13H20INS. The summed E-state index contributed by atoms with van der Waals surface area (Å²) in [6, 6.07) is 2.94. The van der Waals surface area contributed by atoms with Crippen LogP contribution < -0.4 is 5.32 Å². The lowest BCUT2D eigenvalue weighted by atomic mass is 10.0. The minimum atomic E-state index is 0.598. The third-order valence-electron chi connectivity index (χ3n) is 3.19. The van der Waals surface area contributed by atoms with E-state index in [1.54, 1.807) is 0 Å². The van der Waals surface area contributed by atoms with Gasteiger partial charge in [-0.3, -0.25) is 0 Å². The van der Waals surface area contributed by atoms with E-state index >= 15 is 0 Å². The molecule has 1 N–H and O–H groups in total. The van der Waals surface area contributed by atoms with Gasteiger partial charge in [0.25, 0.3) is 0 Å². The summed E-state index contributed by atoms with van der Waals surface area (Å²) in [6.07, 6.45) is 6.90. The molecule has 0 saturated heterocycles. The highest BCUT2D eigenvalue weighted by atomic mass is 127. The zero-order chi connectivity index (χ0) is 11.4. The standard InChI is InChI=1S/C13H20INS/c1-2-7-15-12(6-5-10-3-4-10)11-8-13(14)16-9-11/h8-10,12,15H,2-7H2,1H3. The SMILES string of the molecule is CCCNC(CCC1CC1)c1csc(I)c1. The van der Waals surface area contributed by atoms with Crippen LogP contribution in [0, 0.1) is 8.80 Å². The van der Waals surface area contributed by atoms with Crippen molar-refractivity contribution in [3.63, 3.8) is 0 Å². The summed E-state index contributed by atoms with van der Waals surface area (Å²) >= 11 is 4.28. The molecule has 1 heterocycles. The van der Waals surface area contributed by atoms with Gasteiger partial charge in [0.05, 0.1) is 2.88 Å². The highest BCUT2D eigenvalue weighted by Crippen LogP contribution is 2.36. The maximum Gasteiger partial charge on any atom is 0.0656 e. The monoisotopic (exact) mass is 349 g/mol. The van der Waals surface area contributed by atoms with Crippen LogP contribution in [0.4, 0.5) is 0 Å². The Bertz CT molecular complexity index is 319. The van der Waals surface area contributed by atoms with Gasteiger partial charge in [-0.15, -0.1) is 11.3 Å². The summed E-state index contributed by atoms with van der Waals surface area (Å²) in [5, 5.41) is 6.01. The molecule has 1 nitrogen and oxygen atoms in total. The van der Waals surface area contributed by atoms with E-state index in [2.05, 4.69) is 46.3 Å². The van der Waals surface area contributed by atoms with E-state index in [1.807, 2.05) is 11.3 Å². The van der Waals surface area contributed by atoms with Gasteiger partial charge in [-0.1, -0.05) is 19.8 Å². The van der Waals surface area contributed by atoms with E-state index in [9.17, 15) is 0 Å². The topological polar surface area (TPSA) is 12.0 Å². The van der Waals surface area contributed by atoms with Crippen molar-refractivity contribution in [3.05, 3.63) is 19.9 Å². The van der Waals surface area contributed by atoms with Crippen molar-refractivity contribution in [2.75, 3.05) is 6.54 Å². The molecule has 1 aromatic rings. The lowest BCUT2D eigenvalue weighted by molar-refractivity contribution is 0.471. The van der Waals surface area contributed by atoms with E-state index in [0.29, 0.717) is 6.04 Å². The lowest BCUT2D eigenvalue weighted by Gasteiger charge is -2.17. The van der Waals surface area contributed by atoms with E-state index in [4.69, 9.17) is 0 Å². The van der Waals surface area contributed by atoms with Crippen LogP contribution in [0.25, 0.3) is 0 Å². The molecule has 0 spiro atoms. The smallest absolute Gasteiger partial charge is 0.0656 e. The molecular weight excluding hydrogens is 329 g/mol. The van der Waals surface area contributed by atoms with Gasteiger partial charge < -0.3 is 5.32 Å². The fourth-order valence-electron chi connectivity index (χ4n) is 2.02. The first-order valence-electron chi connectivity index (χ1n) is 6.27. The molecule has 1 aliphatic carbocycles. The van der Waals surface area contributed by atoms with E-state index < -0.39 is 0 Å². The Labute approximate surface area is 116 Å². The fourth-order valence-corrected chi connectivity index (χ4v) is 3.45. The van der Waals surface area contributed by atoms with Gasteiger partial charge in [-0.25, -0.2) is 0 Å². The number of nitrogens with one attached hydrogen (secondary N) is 1. The van der Waals surface area contributed by atoms with Gasteiger partial charge >= 0.3 is 0 Å². The maximum atomic E-state index is 3.69. The number of halogens is 1. The van der Waals surface area contributed by atoms with Crippen molar-refractivity contribution < 1.29 is 0 Å². The molecule has 16 heavy (non-hydrogen) atoms. The third-order valence-corrected chi connectivity index (χ3v) is 5.00. The Kier molecular flexibility index (Phi) is 5.10. The van der Waals surface area contributed by atoms with Crippen LogP contribution in [-0.4, -0.2) is 6.54 Å². The van der Waals surface area contributed by atoms with Gasteiger partial charge in [0.2, 0.25) is 0 Å². The van der Waals surface area contributed by atoms with Crippen LogP contribution >= 0.6 is 33.9 Å². The van der Waals surface area contributed by atoms with Crippen molar-refractivity contribution in [1.82, 2.24) is 5.32 Å². The van der Waals surface area contributed by atoms with Gasteiger partial charge in [-0.05, 0) is 71.3 Å². The van der Waals surface area contributed by atoms with Crippen molar-refractivity contribution in [1.29, 1.82) is 0 Å². The predicted octanol–water partition coefficient (Wildman–Crippen LogP) is 4.58. The number of rotatable bonds is 7. The average Bonchev–Trinajstić information content (AvgIpc) is 3.01. The zero-order valence-electron chi connectivity index (χ0n) is 9.84. The Morgan fingerprint density at radius 2 is 2.38 bits per heavy atom. The molecule has 0 amide bonds. The Morgan fingerprint density at radius 1 is 1.56 bits per heavy atom. The Morgan fingerprint density at radius 3 is 2.94 bits per heavy atom. The molecule has 90 valence electrons. The number of thiophene rings is 1. The van der Waals surface area contributed by atoms with Crippen LogP contribution in [-0.2, 0) is 0 Å². The molecule has 1 saturated carbocycles. The molecule has 0 bridgehead atoms. The molecule has 0 radical (unpaired) electrons. The molecule has 1 unspecified atom stereocenters. The summed E-state index contributed by atoms with van der Waals surface area (Å²) in [5.41, 5.74) is 1.50. The molecule has 1 fully saturated rings. The van der Waals surface area contributed by atoms with Gasteiger partial charge in [0.15, 0.2) is 0 Å². The number of hydrogen-bond donors (Lipinski definition) is 1. The molecule has 2 rings (SSSR count). The zero-order valence-corrected chi connectivity index (χ0v) is 12.8. The summed E-state index contributed by atoms with van der Waals surface area (Å²) in [4.78, 5) is 0. The quantitative estimate of drug-likeness (QED) is 0.711. The van der Waals surface area contributed by atoms with Crippen molar-refractivity contribution in [2.45, 2.75) is 45.1 Å². The molecule has 0 aliphatic heterocycles. The summed E-state index contributed by atoms with van der Waals surface area (Å²) in [7, 11) is 0. The molecule has 1 aromatic heterocycles. The highest BCUT2D eigenvalue weighted by molar-refractivity contribution is 14.1. The second-order valence-electron chi connectivity index (χ2n) is 4.71. The lowest BCUT2D eigenvalue weighted by Crippen LogP contribution is -2.21. The first-order chi connectivity index (χ1) is 7.79. The third kappa shape index (κ3) is 4.00. The van der Waals surface area contributed by atoms with Crippen LogP contribution in [0.5, 0.6) is 0 Å². The van der Waals surface area contributed by atoms with Crippen LogP contribution in [0.3, 0.4) is 0 Å². The van der Waals surface area contributed by atoms with Crippen molar-refractivity contribution in [2.24, 2.45) is 5.92 Å². The minimum Gasteiger partial charge on any atom is -0.310 e. The first-order valence-corrected chi connectivity index (χ1v) is 8.22. The largest absolute Gasteiger partial charge is 0.310 e. The summed E-state index contributed by atoms with van der Waals surface area (Å²) in [6.45, 7) is 3.38. The first kappa shape index (κ1) is 12.8. The van der Waals surface area contributed by atoms with Gasteiger partial charge in [-0.2, -0.15) is 0 Å². The predicted molar refractivity (Wildman–Crippen MR) is 80.0 cm³/mol. The average molecular weight is 349 g/mol. The van der Waals surface area contributed by atoms with Crippen molar-refractivity contribution >= 4 is 33.9 Å². The molecule has 3 heteroatoms. The van der Waals surface area contributed by atoms with Crippen LogP contribution in [0.2, 0.25) is 0 Å². The van der Waals surface area contributed by atoms with Crippen LogP contribution in [0.1, 0.15) is 50.6 Å².